The first kappa shape index (κ1) is 13.7. The molecule has 0 radical (unpaired) electrons. The average molecular weight is 289 g/mol. The Kier molecular flexibility index (Phi) is 4.51. The molecule has 2 nitrogen and oxygen atoms in total. The Labute approximate surface area is 113 Å². The molecule has 1 saturated carbocycles. The zero-order chi connectivity index (χ0) is 13.1. The van der Waals surface area contributed by atoms with E-state index in [0.717, 1.165) is 25.7 Å². The SMILES string of the molecule is O=C(CS(=O)c1ccc(F)c(Cl)c1)C1CCCC1. The number of ketones is 1. The fraction of sp³-hybridized carbons (Fsp3) is 0.462. The molecular weight excluding hydrogens is 275 g/mol. The maximum Gasteiger partial charge on any atom is 0.148 e. The maximum atomic E-state index is 13.0. The van der Waals surface area contributed by atoms with Gasteiger partial charge in [0.25, 0.3) is 0 Å². The molecule has 0 saturated heterocycles. The fourth-order valence-electron chi connectivity index (χ4n) is 2.20. The van der Waals surface area contributed by atoms with Gasteiger partial charge in [-0.2, -0.15) is 0 Å². The van der Waals surface area contributed by atoms with Gasteiger partial charge in [0, 0.05) is 10.8 Å². The van der Waals surface area contributed by atoms with Crippen molar-refractivity contribution in [1.82, 2.24) is 0 Å². The van der Waals surface area contributed by atoms with Crippen LogP contribution in [0, 0.1) is 11.7 Å². The molecule has 1 aromatic rings. The third-order valence-electron chi connectivity index (χ3n) is 3.24. The first-order valence-corrected chi connectivity index (χ1v) is 7.64. The van der Waals surface area contributed by atoms with Gasteiger partial charge < -0.3 is 0 Å². The highest BCUT2D eigenvalue weighted by Gasteiger charge is 2.24. The molecule has 1 fully saturated rings. The smallest absolute Gasteiger partial charge is 0.148 e. The summed E-state index contributed by atoms with van der Waals surface area (Å²) < 4.78 is 25.0. The molecule has 2 rings (SSSR count). The van der Waals surface area contributed by atoms with Gasteiger partial charge >= 0.3 is 0 Å². The number of carbonyl (C=O) groups excluding carboxylic acids is 1. The third kappa shape index (κ3) is 3.18. The van der Waals surface area contributed by atoms with Crippen molar-refractivity contribution in [3.05, 3.63) is 29.0 Å². The second kappa shape index (κ2) is 5.93. The summed E-state index contributed by atoms with van der Waals surface area (Å²) >= 11 is 5.63. The first-order valence-electron chi connectivity index (χ1n) is 5.94. The molecule has 0 bridgehead atoms. The van der Waals surface area contributed by atoms with Crippen molar-refractivity contribution >= 4 is 28.2 Å². The van der Waals surface area contributed by atoms with Crippen LogP contribution in [0.4, 0.5) is 4.39 Å². The quantitative estimate of drug-likeness (QED) is 0.851. The summed E-state index contributed by atoms with van der Waals surface area (Å²) in [6, 6.07) is 3.92. The van der Waals surface area contributed by atoms with Gasteiger partial charge in [-0.3, -0.25) is 9.00 Å². The van der Waals surface area contributed by atoms with Crippen LogP contribution in [0.2, 0.25) is 5.02 Å². The molecule has 1 aliphatic rings. The normalized spacial score (nSPS) is 17.9. The Hall–Kier alpha value is -0.740. The Balaban J connectivity index is 2.02. The number of Topliss-reactive ketones (excluding diaryl/α,β-unsaturated/α-hetero) is 1. The summed E-state index contributed by atoms with van der Waals surface area (Å²) in [5, 5.41) is -0.0610. The van der Waals surface area contributed by atoms with E-state index in [-0.39, 0.29) is 22.5 Å². The number of hydrogen-bond acceptors (Lipinski definition) is 2. The van der Waals surface area contributed by atoms with Crippen molar-refractivity contribution in [2.24, 2.45) is 5.92 Å². The summed E-state index contributed by atoms with van der Waals surface area (Å²) in [5.74, 6) is -0.428. The predicted octanol–water partition coefficient (Wildman–Crippen LogP) is 3.35. The molecule has 5 heteroatoms. The average Bonchev–Trinajstić information content (AvgIpc) is 2.86. The van der Waals surface area contributed by atoms with Crippen molar-refractivity contribution in [2.75, 3.05) is 5.75 Å². The summed E-state index contributed by atoms with van der Waals surface area (Å²) in [6.45, 7) is 0. The van der Waals surface area contributed by atoms with E-state index in [0.29, 0.717) is 4.90 Å². The van der Waals surface area contributed by atoms with Gasteiger partial charge in [0.15, 0.2) is 0 Å². The molecule has 1 atom stereocenters. The Bertz CT molecular complexity index is 484. The van der Waals surface area contributed by atoms with Crippen LogP contribution in [0.25, 0.3) is 0 Å². The van der Waals surface area contributed by atoms with Crippen LogP contribution in [0.15, 0.2) is 23.1 Å². The topological polar surface area (TPSA) is 34.1 Å². The molecule has 1 unspecified atom stereocenters. The van der Waals surface area contributed by atoms with E-state index < -0.39 is 16.6 Å². The van der Waals surface area contributed by atoms with Crippen LogP contribution in [-0.4, -0.2) is 15.7 Å². The zero-order valence-corrected chi connectivity index (χ0v) is 11.4. The third-order valence-corrected chi connectivity index (χ3v) is 4.85. The molecule has 98 valence electrons. The standard InChI is InChI=1S/C13H14ClFO2S/c14-11-7-10(5-6-12(11)15)18(17)8-13(16)9-3-1-2-4-9/h5-7,9H,1-4,8H2. The number of rotatable bonds is 4. The second-order valence-electron chi connectivity index (χ2n) is 4.51. The number of benzene rings is 1. The molecule has 0 heterocycles. The van der Waals surface area contributed by atoms with E-state index in [1.54, 1.807) is 0 Å². The minimum absolute atomic E-state index is 0.00658. The second-order valence-corrected chi connectivity index (χ2v) is 6.37. The zero-order valence-electron chi connectivity index (χ0n) is 9.83. The Morgan fingerprint density at radius 3 is 2.67 bits per heavy atom. The highest BCUT2D eigenvalue weighted by atomic mass is 35.5. The van der Waals surface area contributed by atoms with Gasteiger partial charge in [0.1, 0.15) is 11.6 Å². The van der Waals surface area contributed by atoms with Crippen LogP contribution < -0.4 is 0 Å². The number of hydrogen-bond donors (Lipinski definition) is 0. The van der Waals surface area contributed by atoms with E-state index >= 15 is 0 Å². The monoisotopic (exact) mass is 288 g/mol. The first-order chi connectivity index (χ1) is 8.58. The van der Waals surface area contributed by atoms with Gasteiger partial charge in [-0.25, -0.2) is 4.39 Å². The highest BCUT2D eigenvalue weighted by molar-refractivity contribution is 7.85. The van der Waals surface area contributed by atoms with Crippen molar-refractivity contribution < 1.29 is 13.4 Å². The van der Waals surface area contributed by atoms with E-state index in [1.807, 2.05) is 0 Å². The van der Waals surface area contributed by atoms with E-state index in [1.165, 1.54) is 18.2 Å². The molecule has 0 amide bonds. The van der Waals surface area contributed by atoms with Crippen molar-refractivity contribution in [3.8, 4) is 0 Å². The molecule has 1 aromatic carbocycles. The van der Waals surface area contributed by atoms with Crippen molar-refractivity contribution in [3.63, 3.8) is 0 Å². The predicted molar refractivity (Wildman–Crippen MR) is 69.7 cm³/mol. The van der Waals surface area contributed by atoms with Crippen molar-refractivity contribution in [2.45, 2.75) is 30.6 Å². The van der Waals surface area contributed by atoms with Gasteiger partial charge in [-0.1, -0.05) is 24.4 Å². The molecule has 18 heavy (non-hydrogen) atoms. The largest absolute Gasteiger partial charge is 0.298 e. The fourth-order valence-corrected chi connectivity index (χ4v) is 3.57. The summed E-state index contributed by atoms with van der Waals surface area (Å²) in [5.41, 5.74) is 0. The van der Waals surface area contributed by atoms with Crippen LogP contribution in [0.3, 0.4) is 0 Å². The van der Waals surface area contributed by atoms with Crippen LogP contribution in [-0.2, 0) is 15.6 Å². The Morgan fingerprint density at radius 1 is 1.39 bits per heavy atom. The molecule has 0 aromatic heterocycles. The lowest BCUT2D eigenvalue weighted by Gasteiger charge is -2.08. The van der Waals surface area contributed by atoms with Gasteiger partial charge in [0.05, 0.1) is 21.6 Å². The minimum Gasteiger partial charge on any atom is -0.298 e. The Morgan fingerprint density at radius 2 is 2.06 bits per heavy atom. The lowest BCUT2D eigenvalue weighted by atomic mass is 10.0. The van der Waals surface area contributed by atoms with Gasteiger partial charge in [-0.15, -0.1) is 0 Å². The highest BCUT2D eigenvalue weighted by Crippen LogP contribution is 2.26. The summed E-state index contributed by atoms with van der Waals surface area (Å²) in [6.07, 6.45) is 3.96. The van der Waals surface area contributed by atoms with E-state index in [9.17, 15) is 13.4 Å². The van der Waals surface area contributed by atoms with Gasteiger partial charge in [-0.05, 0) is 31.0 Å². The molecule has 0 aliphatic heterocycles. The summed E-state index contributed by atoms with van der Waals surface area (Å²) in [7, 11) is -1.43. The lowest BCUT2D eigenvalue weighted by Crippen LogP contribution is -2.18. The maximum absolute atomic E-state index is 13.0. The van der Waals surface area contributed by atoms with Crippen LogP contribution in [0.5, 0.6) is 0 Å². The van der Waals surface area contributed by atoms with Crippen molar-refractivity contribution in [1.29, 1.82) is 0 Å². The molecule has 0 spiro atoms. The van der Waals surface area contributed by atoms with Gasteiger partial charge in [0.2, 0.25) is 0 Å². The molecule has 0 N–H and O–H groups in total. The molecule has 1 aliphatic carbocycles. The van der Waals surface area contributed by atoms with Crippen LogP contribution >= 0.6 is 11.6 Å². The number of carbonyl (C=O) groups is 1. The van der Waals surface area contributed by atoms with Crippen LogP contribution in [0.1, 0.15) is 25.7 Å². The van der Waals surface area contributed by atoms with E-state index in [4.69, 9.17) is 11.6 Å². The minimum atomic E-state index is -1.43. The number of halogens is 2. The molecular formula is C13H14ClFO2S. The lowest BCUT2D eigenvalue weighted by molar-refractivity contribution is -0.120. The van der Waals surface area contributed by atoms with E-state index in [2.05, 4.69) is 0 Å². The summed E-state index contributed by atoms with van der Waals surface area (Å²) in [4.78, 5) is 12.3.